The normalized spacial score (nSPS) is 15.2. The predicted molar refractivity (Wildman–Crippen MR) is 94.0 cm³/mol. The lowest BCUT2D eigenvalue weighted by Crippen LogP contribution is -2.43. The molecular weight excluding hydrogens is 316 g/mol. The zero-order chi connectivity index (χ0) is 18.2. The number of nitrogens with zero attached hydrogens (tertiary/aromatic N) is 2. The molecule has 25 heavy (non-hydrogen) atoms. The maximum atomic E-state index is 13.1. The van der Waals surface area contributed by atoms with E-state index < -0.39 is 5.79 Å². The molecule has 0 radical (unpaired) electrons. The van der Waals surface area contributed by atoms with Crippen molar-refractivity contribution in [3.05, 3.63) is 64.2 Å². The summed E-state index contributed by atoms with van der Waals surface area (Å²) in [6.45, 7) is 4.51. The van der Waals surface area contributed by atoms with Crippen molar-refractivity contribution in [3.63, 3.8) is 0 Å². The lowest BCUT2D eigenvalue weighted by Gasteiger charge is -2.25. The first-order valence-corrected chi connectivity index (χ1v) is 8.00. The van der Waals surface area contributed by atoms with Crippen LogP contribution in [-0.2, 0) is 26.6 Å². The van der Waals surface area contributed by atoms with Gasteiger partial charge in [-0.1, -0.05) is 18.2 Å². The van der Waals surface area contributed by atoms with Crippen LogP contribution in [0.5, 0.6) is 0 Å². The van der Waals surface area contributed by atoms with Gasteiger partial charge in [0.25, 0.3) is 11.7 Å². The van der Waals surface area contributed by atoms with Crippen molar-refractivity contribution >= 4 is 11.6 Å². The van der Waals surface area contributed by atoms with Crippen molar-refractivity contribution in [1.82, 2.24) is 0 Å². The average molecular weight is 336 g/mol. The number of fused-ring (bicyclic) bond motifs is 1. The molecule has 0 bridgehead atoms. The maximum Gasteiger partial charge on any atom is 0.292 e. The van der Waals surface area contributed by atoms with Crippen molar-refractivity contribution in [2.75, 3.05) is 19.1 Å². The Balaban J connectivity index is 2.08. The number of amides is 1. The molecular formula is C20H20N2O3. The average Bonchev–Trinajstić information content (AvgIpc) is 2.86. The molecule has 0 aliphatic carbocycles. The summed E-state index contributed by atoms with van der Waals surface area (Å²) in [5.41, 5.74) is 5.12. The largest absolute Gasteiger partial charge is 0.342 e. The molecule has 2 aromatic rings. The van der Waals surface area contributed by atoms with Crippen LogP contribution in [-0.4, -0.2) is 20.1 Å². The summed E-state index contributed by atoms with van der Waals surface area (Å²) in [5, 5.41) is 9.18. The number of ether oxygens (including phenoxy) is 2. The number of rotatable bonds is 4. The molecule has 0 aromatic heterocycles. The van der Waals surface area contributed by atoms with E-state index in [4.69, 9.17) is 9.47 Å². The Morgan fingerprint density at radius 2 is 1.80 bits per heavy atom. The van der Waals surface area contributed by atoms with Crippen LogP contribution in [0.1, 0.15) is 27.8 Å². The van der Waals surface area contributed by atoms with Gasteiger partial charge in [-0.15, -0.1) is 0 Å². The number of carbonyl (C=O) groups excluding carboxylic acids is 1. The van der Waals surface area contributed by atoms with Crippen LogP contribution in [0.15, 0.2) is 36.4 Å². The number of nitriles is 1. The SMILES string of the molecule is COC1(OC)C(=O)N(Cc2ccc(C)c(C)c2)c2ccc(C#N)cc21. The van der Waals surface area contributed by atoms with E-state index in [2.05, 4.69) is 19.1 Å². The summed E-state index contributed by atoms with van der Waals surface area (Å²) in [4.78, 5) is 14.7. The van der Waals surface area contributed by atoms with Crippen LogP contribution in [0.3, 0.4) is 0 Å². The number of benzene rings is 2. The first-order chi connectivity index (χ1) is 12.0. The highest BCUT2D eigenvalue weighted by Gasteiger charge is 2.52. The fraction of sp³-hybridized carbons (Fsp3) is 0.300. The summed E-state index contributed by atoms with van der Waals surface area (Å²) in [6, 6.07) is 13.3. The monoisotopic (exact) mass is 336 g/mol. The van der Waals surface area contributed by atoms with Crippen molar-refractivity contribution in [1.29, 1.82) is 5.26 Å². The van der Waals surface area contributed by atoms with Gasteiger partial charge in [-0.2, -0.15) is 5.26 Å². The Morgan fingerprint density at radius 1 is 1.08 bits per heavy atom. The quantitative estimate of drug-likeness (QED) is 0.805. The van der Waals surface area contributed by atoms with Gasteiger partial charge in [0.1, 0.15) is 0 Å². The molecule has 0 N–H and O–H groups in total. The summed E-state index contributed by atoms with van der Waals surface area (Å²) in [7, 11) is 2.87. The second kappa shape index (κ2) is 6.32. The fourth-order valence-electron chi connectivity index (χ4n) is 3.23. The second-order valence-electron chi connectivity index (χ2n) is 6.18. The summed E-state index contributed by atoms with van der Waals surface area (Å²) < 4.78 is 10.9. The number of anilines is 1. The number of methoxy groups -OCH3 is 2. The zero-order valence-electron chi connectivity index (χ0n) is 14.8. The minimum Gasteiger partial charge on any atom is -0.342 e. The zero-order valence-corrected chi connectivity index (χ0v) is 14.8. The second-order valence-corrected chi connectivity index (χ2v) is 6.18. The molecule has 5 nitrogen and oxygen atoms in total. The maximum absolute atomic E-state index is 13.1. The van der Waals surface area contributed by atoms with Crippen LogP contribution >= 0.6 is 0 Å². The topological polar surface area (TPSA) is 62.6 Å². The van der Waals surface area contributed by atoms with Crippen LogP contribution in [0, 0.1) is 25.2 Å². The van der Waals surface area contributed by atoms with E-state index in [9.17, 15) is 10.1 Å². The van der Waals surface area contributed by atoms with Gasteiger partial charge in [-0.25, -0.2) is 0 Å². The van der Waals surface area contributed by atoms with E-state index >= 15 is 0 Å². The lowest BCUT2D eigenvalue weighted by atomic mass is 10.0. The van der Waals surface area contributed by atoms with Gasteiger partial charge in [0.15, 0.2) is 0 Å². The van der Waals surface area contributed by atoms with E-state index in [1.165, 1.54) is 25.3 Å². The Morgan fingerprint density at radius 3 is 2.40 bits per heavy atom. The number of carbonyl (C=O) groups is 1. The van der Waals surface area contributed by atoms with E-state index in [0.717, 1.165) is 5.56 Å². The van der Waals surface area contributed by atoms with Gasteiger partial charge in [-0.05, 0) is 48.7 Å². The Hall–Kier alpha value is -2.68. The van der Waals surface area contributed by atoms with E-state index in [0.29, 0.717) is 23.4 Å². The molecule has 128 valence electrons. The molecule has 5 heteroatoms. The predicted octanol–water partition coefficient (Wildman–Crippen LogP) is 3.17. The molecule has 1 amide bonds. The highest BCUT2D eigenvalue weighted by molar-refractivity contribution is 6.06. The molecule has 1 aliphatic heterocycles. The summed E-state index contributed by atoms with van der Waals surface area (Å²) in [6.07, 6.45) is 0. The molecule has 2 aromatic carbocycles. The molecule has 0 unspecified atom stereocenters. The molecule has 0 atom stereocenters. The van der Waals surface area contributed by atoms with Gasteiger partial charge in [0.2, 0.25) is 0 Å². The standard InChI is InChI=1S/C20H20N2O3/c1-13-5-6-16(9-14(13)2)12-22-18-8-7-15(11-21)10-17(18)20(24-3,25-4)19(22)23/h5-10H,12H2,1-4H3. The van der Waals surface area contributed by atoms with Crippen molar-refractivity contribution in [2.24, 2.45) is 0 Å². The summed E-state index contributed by atoms with van der Waals surface area (Å²) >= 11 is 0. The molecule has 0 saturated carbocycles. The van der Waals surface area contributed by atoms with Crippen LogP contribution < -0.4 is 4.90 Å². The van der Waals surface area contributed by atoms with E-state index in [1.54, 1.807) is 23.1 Å². The van der Waals surface area contributed by atoms with Gasteiger partial charge < -0.3 is 14.4 Å². The van der Waals surface area contributed by atoms with E-state index in [-0.39, 0.29) is 5.91 Å². The Bertz CT molecular complexity index is 879. The van der Waals surface area contributed by atoms with Gasteiger partial charge in [-0.3, -0.25) is 4.79 Å². The van der Waals surface area contributed by atoms with E-state index in [1.807, 2.05) is 19.1 Å². The molecule has 3 rings (SSSR count). The van der Waals surface area contributed by atoms with Crippen molar-refractivity contribution in [2.45, 2.75) is 26.2 Å². The first kappa shape index (κ1) is 17.2. The molecule has 0 spiro atoms. The third-order valence-electron chi connectivity index (χ3n) is 4.78. The van der Waals surface area contributed by atoms with Crippen molar-refractivity contribution < 1.29 is 14.3 Å². The molecule has 0 saturated heterocycles. The third kappa shape index (κ3) is 2.60. The van der Waals surface area contributed by atoms with Crippen LogP contribution in [0.25, 0.3) is 0 Å². The Kier molecular flexibility index (Phi) is 4.34. The Labute approximate surface area is 147 Å². The molecule has 1 aliphatic rings. The number of hydrogen-bond donors (Lipinski definition) is 0. The highest BCUT2D eigenvalue weighted by Crippen LogP contribution is 2.44. The first-order valence-electron chi connectivity index (χ1n) is 8.00. The highest BCUT2D eigenvalue weighted by atomic mass is 16.7. The smallest absolute Gasteiger partial charge is 0.292 e. The molecule has 1 heterocycles. The minimum atomic E-state index is -1.51. The van der Waals surface area contributed by atoms with Gasteiger partial charge in [0.05, 0.1) is 23.9 Å². The summed E-state index contributed by atoms with van der Waals surface area (Å²) in [5.74, 6) is -1.80. The third-order valence-corrected chi connectivity index (χ3v) is 4.78. The minimum absolute atomic E-state index is 0.291. The van der Waals surface area contributed by atoms with Crippen LogP contribution in [0.2, 0.25) is 0 Å². The number of hydrogen-bond acceptors (Lipinski definition) is 4. The van der Waals surface area contributed by atoms with Crippen LogP contribution in [0.4, 0.5) is 5.69 Å². The fourth-order valence-corrected chi connectivity index (χ4v) is 3.23. The molecule has 0 fully saturated rings. The van der Waals surface area contributed by atoms with Gasteiger partial charge in [0, 0.05) is 19.8 Å². The lowest BCUT2D eigenvalue weighted by molar-refractivity contribution is -0.209. The van der Waals surface area contributed by atoms with Gasteiger partial charge >= 0.3 is 0 Å². The van der Waals surface area contributed by atoms with Crippen molar-refractivity contribution in [3.8, 4) is 6.07 Å². The number of aryl methyl sites for hydroxylation is 2.